The summed E-state index contributed by atoms with van der Waals surface area (Å²) >= 11 is 0. The Balaban J connectivity index is 1.95. The first kappa shape index (κ1) is 10.9. The van der Waals surface area contributed by atoms with Gasteiger partial charge in [-0.3, -0.25) is 5.32 Å². The average Bonchev–Trinajstić information content (AvgIpc) is 3.04. The molecule has 3 heteroatoms. The highest BCUT2D eigenvalue weighted by Gasteiger charge is 2.74. The SMILES string of the molecule is CCCCC(C)C1([P+]2(CC)CN2)CN1. The minimum atomic E-state index is -0.723. The second-order valence-electron chi connectivity index (χ2n) is 4.92. The molecule has 0 radical (unpaired) electrons. The van der Waals surface area contributed by atoms with Crippen LogP contribution in [0.5, 0.6) is 0 Å². The van der Waals surface area contributed by atoms with E-state index < -0.39 is 7.41 Å². The van der Waals surface area contributed by atoms with Gasteiger partial charge in [-0.05, 0) is 13.3 Å². The zero-order valence-corrected chi connectivity index (χ0v) is 10.7. The van der Waals surface area contributed by atoms with Crippen LogP contribution in [0, 0.1) is 5.92 Å². The smallest absolute Gasteiger partial charge is 0.162 e. The molecule has 3 unspecified atom stereocenters. The molecule has 0 aromatic heterocycles. The molecule has 2 heterocycles. The van der Waals surface area contributed by atoms with E-state index in [1.165, 1.54) is 38.3 Å². The van der Waals surface area contributed by atoms with Crippen LogP contribution in [-0.2, 0) is 0 Å². The lowest BCUT2D eigenvalue weighted by Gasteiger charge is -2.22. The first-order valence-electron chi connectivity index (χ1n) is 6.08. The Bertz CT molecular complexity index is 209. The third kappa shape index (κ3) is 1.52. The van der Waals surface area contributed by atoms with Crippen molar-refractivity contribution >= 4 is 7.41 Å². The predicted molar refractivity (Wildman–Crippen MR) is 64.9 cm³/mol. The summed E-state index contributed by atoms with van der Waals surface area (Å²) in [5.41, 5.74) is 0. The van der Waals surface area contributed by atoms with Crippen molar-refractivity contribution in [1.29, 1.82) is 0 Å². The lowest BCUT2D eigenvalue weighted by molar-refractivity contribution is 0.466. The van der Waals surface area contributed by atoms with Gasteiger partial charge in [-0.1, -0.05) is 26.7 Å². The second-order valence-corrected chi connectivity index (χ2v) is 8.92. The van der Waals surface area contributed by atoms with E-state index in [9.17, 15) is 0 Å². The van der Waals surface area contributed by atoms with Crippen molar-refractivity contribution in [2.45, 2.75) is 45.3 Å². The average molecular weight is 215 g/mol. The monoisotopic (exact) mass is 215 g/mol. The van der Waals surface area contributed by atoms with Crippen LogP contribution in [0.15, 0.2) is 0 Å². The van der Waals surface area contributed by atoms with Gasteiger partial charge in [-0.25, -0.2) is 0 Å². The highest BCUT2D eigenvalue weighted by molar-refractivity contribution is 7.81. The maximum Gasteiger partial charge on any atom is 0.162 e. The summed E-state index contributed by atoms with van der Waals surface area (Å²) < 4.78 is 0. The maximum atomic E-state index is 3.71. The van der Waals surface area contributed by atoms with E-state index in [4.69, 9.17) is 0 Å². The molecule has 0 amide bonds. The lowest BCUT2D eigenvalue weighted by atomic mass is 10.0. The Labute approximate surface area is 88.6 Å². The molecule has 0 spiro atoms. The highest BCUT2D eigenvalue weighted by Crippen LogP contribution is 2.79. The first-order valence-corrected chi connectivity index (χ1v) is 8.24. The molecule has 3 atom stereocenters. The molecule has 2 fully saturated rings. The van der Waals surface area contributed by atoms with Crippen molar-refractivity contribution in [2.24, 2.45) is 5.92 Å². The Kier molecular flexibility index (Phi) is 2.90. The van der Waals surface area contributed by atoms with E-state index in [-0.39, 0.29) is 0 Å². The second kappa shape index (κ2) is 3.73. The molecule has 14 heavy (non-hydrogen) atoms. The Morgan fingerprint density at radius 2 is 2.07 bits per heavy atom. The molecule has 0 saturated carbocycles. The van der Waals surface area contributed by atoms with E-state index in [2.05, 4.69) is 31.2 Å². The molecule has 2 saturated heterocycles. The Morgan fingerprint density at radius 3 is 2.43 bits per heavy atom. The van der Waals surface area contributed by atoms with Crippen LogP contribution < -0.4 is 10.4 Å². The number of rotatable bonds is 6. The number of hydrogen-bond donors (Lipinski definition) is 2. The summed E-state index contributed by atoms with van der Waals surface area (Å²) in [5.74, 6) is 0.880. The van der Waals surface area contributed by atoms with Crippen LogP contribution in [0.1, 0.15) is 40.0 Å². The summed E-state index contributed by atoms with van der Waals surface area (Å²) in [6.07, 6.45) is 6.87. The first-order chi connectivity index (χ1) is 6.71. The van der Waals surface area contributed by atoms with Gasteiger partial charge in [0.05, 0.1) is 12.7 Å². The number of nitrogens with one attached hydrogen (secondary N) is 2. The fourth-order valence-corrected chi connectivity index (χ4v) is 6.70. The normalized spacial score (nSPS) is 42.2. The van der Waals surface area contributed by atoms with Crippen molar-refractivity contribution in [3.8, 4) is 0 Å². The quantitative estimate of drug-likeness (QED) is 0.528. The van der Waals surface area contributed by atoms with Crippen molar-refractivity contribution in [3.63, 3.8) is 0 Å². The summed E-state index contributed by atoms with van der Waals surface area (Å²) in [6.45, 7) is 8.39. The number of unbranched alkanes of at least 4 members (excludes halogenated alkanes) is 1. The Hall–Kier alpha value is 0.350. The van der Waals surface area contributed by atoms with Crippen LogP contribution in [-0.4, -0.2) is 24.3 Å². The summed E-state index contributed by atoms with van der Waals surface area (Å²) in [7, 11) is -0.723. The van der Waals surface area contributed by atoms with Gasteiger partial charge in [0.1, 0.15) is 7.41 Å². The molecular formula is C11H24N2P+. The maximum absolute atomic E-state index is 3.71. The fraction of sp³-hybridized carbons (Fsp3) is 1.00. The minimum absolute atomic E-state index is 0.566. The molecule has 2 nitrogen and oxygen atoms in total. The molecule has 2 rings (SSSR count). The molecule has 0 bridgehead atoms. The highest BCUT2D eigenvalue weighted by atomic mass is 31.2. The van der Waals surface area contributed by atoms with Crippen LogP contribution in [0.25, 0.3) is 0 Å². The van der Waals surface area contributed by atoms with Crippen LogP contribution in [0.2, 0.25) is 0 Å². The van der Waals surface area contributed by atoms with Gasteiger partial charge in [0.2, 0.25) is 0 Å². The molecule has 0 aliphatic carbocycles. The van der Waals surface area contributed by atoms with Gasteiger partial charge in [-0.15, -0.1) is 0 Å². The Morgan fingerprint density at radius 1 is 1.43 bits per heavy atom. The summed E-state index contributed by atoms with van der Waals surface area (Å²) in [4.78, 5) is 0. The van der Waals surface area contributed by atoms with Crippen molar-refractivity contribution in [1.82, 2.24) is 10.4 Å². The van der Waals surface area contributed by atoms with Crippen LogP contribution in [0.4, 0.5) is 0 Å². The third-order valence-electron chi connectivity index (χ3n) is 4.19. The molecule has 82 valence electrons. The van der Waals surface area contributed by atoms with Crippen molar-refractivity contribution in [3.05, 3.63) is 0 Å². The zero-order valence-electron chi connectivity index (χ0n) is 9.77. The molecule has 2 aliphatic rings. The van der Waals surface area contributed by atoms with Crippen molar-refractivity contribution in [2.75, 3.05) is 19.0 Å². The summed E-state index contributed by atoms with van der Waals surface area (Å²) in [5, 5.41) is 7.97. The van der Waals surface area contributed by atoms with Crippen molar-refractivity contribution < 1.29 is 0 Å². The number of hydrogen-bond acceptors (Lipinski definition) is 2. The van der Waals surface area contributed by atoms with Crippen LogP contribution in [0.3, 0.4) is 0 Å². The molecule has 2 aliphatic heterocycles. The van der Waals surface area contributed by atoms with E-state index in [0.717, 1.165) is 5.92 Å². The van der Waals surface area contributed by atoms with Gasteiger partial charge in [-0.2, -0.15) is 5.09 Å². The van der Waals surface area contributed by atoms with Gasteiger partial charge in [0.25, 0.3) is 0 Å². The summed E-state index contributed by atoms with van der Waals surface area (Å²) in [6, 6.07) is 0. The largest absolute Gasteiger partial charge is 0.272 e. The van der Waals surface area contributed by atoms with Gasteiger partial charge < -0.3 is 0 Å². The topological polar surface area (TPSA) is 43.9 Å². The molecule has 2 N–H and O–H groups in total. The predicted octanol–water partition coefficient (Wildman–Crippen LogP) is 2.63. The van der Waals surface area contributed by atoms with E-state index >= 15 is 0 Å². The molecular weight excluding hydrogens is 191 g/mol. The zero-order chi connectivity index (χ0) is 10.2. The van der Waals surface area contributed by atoms with E-state index in [1.807, 2.05) is 0 Å². The third-order valence-corrected chi connectivity index (χ3v) is 8.63. The van der Waals surface area contributed by atoms with Gasteiger partial charge in [0, 0.05) is 5.92 Å². The van der Waals surface area contributed by atoms with E-state index in [0.29, 0.717) is 5.28 Å². The molecule has 0 aromatic carbocycles. The van der Waals surface area contributed by atoms with Crippen LogP contribution >= 0.6 is 7.41 Å². The minimum Gasteiger partial charge on any atom is -0.272 e. The van der Waals surface area contributed by atoms with Gasteiger partial charge in [0.15, 0.2) is 11.6 Å². The van der Waals surface area contributed by atoms with E-state index in [1.54, 1.807) is 0 Å². The fourth-order valence-electron chi connectivity index (χ4n) is 2.79. The van der Waals surface area contributed by atoms with Gasteiger partial charge >= 0.3 is 0 Å². The lowest BCUT2D eigenvalue weighted by Crippen LogP contribution is -2.26. The molecule has 0 aromatic rings. The standard InChI is InChI=1S/C11H24N2P/c1-4-6-7-10(3)11(8-12-11)14(5-2)9-13-14/h10,12-13H,4-9H2,1-3H3/q+1.